The van der Waals surface area contributed by atoms with E-state index >= 15 is 0 Å². The number of rotatable bonds is 3. The molecular formula is C13H19NO2. The second-order valence-corrected chi connectivity index (χ2v) is 4.82. The van der Waals surface area contributed by atoms with E-state index in [2.05, 4.69) is 0 Å². The molecule has 88 valence electrons. The molecule has 0 radical (unpaired) electrons. The molecule has 1 rings (SSSR count). The van der Waals surface area contributed by atoms with Crippen molar-refractivity contribution in [1.82, 2.24) is 0 Å². The van der Waals surface area contributed by atoms with Crippen LogP contribution in [0.5, 0.6) is 5.75 Å². The molecule has 3 nitrogen and oxygen atoms in total. The Hall–Kier alpha value is -1.35. The van der Waals surface area contributed by atoms with E-state index in [-0.39, 0.29) is 17.9 Å². The van der Waals surface area contributed by atoms with E-state index < -0.39 is 0 Å². The molecule has 0 bridgehead atoms. The third-order valence-corrected chi connectivity index (χ3v) is 2.10. The van der Waals surface area contributed by atoms with Crippen molar-refractivity contribution >= 4 is 5.78 Å². The largest absolute Gasteiger partial charge is 0.488 e. The summed E-state index contributed by atoms with van der Waals surface area (Å²) in [6, 6.07) is 5.39. The molecule has 0 aliphatic rings. The van der Waals surface area contributed by atoms with Gasteiger partial charge in [-0.1, -0.05) is 0 Å². The molecule has 1 aromatic rings. The zero-order valence-corrected chi connectivity index (χ0v) is 10.3. The molecule has 0 saturated carbocycles. The van der Waals surface area contributed by atoms with Gasteiger partial charge in [0.05, 0.1) is 6.54 Å². The number of hydrogen-bond acceptors (Lipinski definition) is 3. The van der Waals surface area contributed by atoms with Crippen molar-refractivity contribution in [3.05, 3.63) is 29.3 Å². The van der Waals surface area contributed by atoms with Gasteiger partial charge >= 0.3 is 0 Å². The van der Waals surface area contributed by atoms with Gasteiger partial charge < -0.3 is 10.5 Å². The Morgan fingerprint density at radius 2 is 2.00 bits per heavy atom. The van der Waals surface area contributed by atoms with Crippen molar-refractivity contribution in [2.75, 3.05) is 6.54 Å². The lowest BCUT2D eigenvalue weighted by Gasteiger charge is -2.22. The lowest BCUT2D eigenvalue weighted by atomic mass is 10.1. The Morgan fingerprint density at radius 1 is 1.38 bits per heavy atom. The summed E-state index contributed by atoms with van der Waals surface area (Å²) in [5, 5.41) is 0. The molecule has 0 atom stereocenters. The van der Waals surface area contributed by atoms with E-state index in [0.29, 0.717) is 5.56 Å². The van der Waals surface area contributed by atoms with Crippen LogP contribution in [0, 0.1) is 6.92 Å². The van der Waals surface area contributed by atoms with Crippen molar-refractivity contribution in [2.45, 2.75) is 33.3 Å². The highest BCUT2D eigenvalue weighted by atomic mass is 16.5. The van der Waals surface area contributed by atoms with Crippen LogP contribution in [0.15, 0.2) is 18.2 Å². The summed E-state index contributed by atoms with van der Waals surface area (Å²) in [5.41, 5.74) is 6.67. The highest BCUT2D eigenvalue weighted by Gasteiger charge is 2.14. The molecular weight excluding hydrogens is 202 g/mol. The third-order valence-electron chi connectivity index (χ3n) is 2.10. The summed E-state index contributed by atoms with van der Waals surface area (Å²) in [7, 11) is 0. The smallest absolute Gasteiger partial charge is 0.176 e. The summed E-state index contributed by atoms with van der Waals surface area (Å²) in [5.74, 6) is 0.756. The van der Waals surface area contributed by atoms with Crippen LogP contribution in [-0.4, -0.2) is 17.9 Å². The molecule has 0 spiro atoms. The molecule has 0 heterocycles. The van der Waals surface area contributed by atoms with Crippen molar-refractivity contribution in [3.8, 4) is 5.75 Å². The molecule has 0 aromatic heterocycles. The number of ketones is 1. The second kappa shape index (κ2) is 4.66. The molecule has 0 saturated heterocycles. The minimum atomic E-state index is -0.232. The molecule has 1 aromatic carbocycles. The summed E-state index contributed by atoms with van der Waals surface area (Å²) in [6.45, 7) is 7.94. The Bertz CT molecular complexity index is 391. The lowest BCUT2D eigenvalue weighted by molar-refractivity contribution is 0.100. The van der Waals surface area contributed by atoms with Gasteiger partial charge in [-0.25, -0.2) is 0 Å². The number of ether oxygens (including phenoxy) is 1. The van der Waals surface area contributed by atoms with Gasteiger partial charge in [-0.05, 0) is 51.5 Å². The van der Waals surface area contributed by atoms with Crippen molar-refractivity contribution in [1.29, 1.82) is 0 Å². The van der Waals surface area contributed by atoms with Crippen LogP contribution in [0.3, 0.4) is 0 Å². The molecule has 2 N–H and O–H groups in total. The van der Waals surface area contributed by atoms with Gasteiger partial charge in [0.1, 0.15) is 11.4 Å². The van der Waals surface area contributed by atoms with Gasteiger partial charge in [-0.15, -0.1) is 0 Å². The topological polar surface area (TPSA) is 52.3 Å². The van der Waals surface area contributed by atoms with Gasteiger partial charge in [0.2, 0.25) is 0 Å². The van der Waals surface area contributed by atoms with Crippen LogP contribution in [0.1, 0.15) is 36.7 Å². The first kappa shape index (κ1) is 12.7. The summed E-state index contributed by atoms with van der Waals surface area (Å²) in [4.78, 5) is 11.4. The third kappa shape index (κ3) is 3.35. The molecule has 3 heteroatoms. The van der Waals surface area contributed by atoms with E-state index in [1.54, 1.807) is 6.07 Å². The van der Waals surface area contributed by atoms with E-state index in [1.807, 2.05) is 39.8 Å². The van der Waals surface area contributed by atoms with Crippen LogP contribution in [0.2, 0.25) is 0 Å². The average Bonchev–Trinajstić information content (AvgIpc) is 2.18. The van der Waals surface area contributed by atoms with Gasteiger partial charge in [-0.2, -0.15) is 0 Å². The Labute approximate surface area is 96.6 Å². The number of aryl methyl sites for hydroxylation is 1. The van der Waals surface area contributed by atoms with E-state index in [1.165, 1.54) is 0 Å². The lowest BCUT2D eigenvalue weighted by Crippen LogP contribution is -2.23. The fourth-order valence-corrected chi connectivity index (χ4v) is 1.39. The fraction of sp³-hybridized carbons (Fsp3) is 0.462. The average molecular weight is 221 g/mol. The maximum absolute atomic E-state index is 11.4. The van der Waals surface area contributed by atoms with E-state index in [9.17, 15) is 4.79 Å². The van der Waals surface area contributed by atoms with Crippen LogP contribution >= 0.6 is 0 Å². The standard InChI is InChI=1S/C13H19NO2/c1-9-7-10(11(15)8-14)5-6-12(9)16-13(2,3)4/h5-7H,8,14H2,1-4H3. The van der Waals surface area contributed by atoms with Crippen molar-refractivity contribution in [3.63, 3.8) is 0 Å². The number of Topliss-reactive ketones (excluding diaryl/α,β-unsaturated/α-hetero) is 1. The van der Waals surface area contributed by atoms with Gasteiger partial charge in [-0.3, -0.25) is 4.79 Å². The predicted molar refractivity (Wildman–Crippen MR) is 64.9 cm³/mol. The number of carbonyl (C=O) groups is 1. The maximum atomic E-state index is 11.4. The first-order valence-corrected chi connectivity index (χ1v) is 5.36. The van der Waals surface area contributed by atoms with Crippen LogP contribution in [0.4, 0.5) is 0 Å². The van der Waals surface area contributed by atoms with Crippen LogP contribution < -0.4 is 10.5 Å². The quantitative estimate of drug-likeness (QED) is 0.797. The molecule has 0 aliphatic heterocycles. The Kier molecular flexibility index (Phi) is 3.70. The monoisotopic (exact) mass is 221 g/mol. The zero-order valence-electron chi connectivity index (χ0n) is 10.3. The maximum Gasteiger partial charge on any atom is 0.176 e. The summed E-state index contributed by atoms with van der Waals surface area (Å²) >= 11 is 0. The SMILES string of the molecule is Cc1cc(C(=O)CN)ccc1OC(C)(C)C. The highest BCUT2D eigenvalue weighted by molar-refractivity contribution is 5.97. The number of carbonyl (C=O) groups excluding carboxylic acids is 1. The van der Waals surface area contributed by atoms with E-state index in [0.717, 1.165) is 11.3 Å². The molecule has 0 unspecified atom stereocenters. The first-order chi connectivity index (χ1) is 7.33. The molecule has 0 fully saturated rings. The van der Waals surface area contributed by atoms with Gasteiger partial charge in [0.15, 0.2) is 5.78 Å². The number of benzene rings is 1. The van der Waals surface area contributed by atoms with Gasteiger partial charge in [0, 0.05) is 5.56 Å². The number of hydrogen-bond donors (Lipinski definition) is 1. The summed E-state index contributed by atoms with van der Waals surface area (Å²) in [6.07, 6.45) is 0. The minimum absolute atomic E-state index is 0.0406. The predicted octanol–water partition coefficient (Wildman–Crippen LogP) is 2.31. The molecule has 0 amide bonds. The highest BCUT2D eigenvalue weighted by Crippen LogP contribution is 2.23. The minimum Gasteiger partial charge on any atom is -0.488 e. The van der Waals surface area contributed by atoms with Crippen LogP contribution in [0.25, 0.3) is 0 Å². The first-order valence-electron chi connectivity index (χ1n) is 5.36. The normalized spacial score (nSPS) is 11.3. The van der Waals surface area contributed by atoms with Crippen molar-refractivity contribution < 1.29 is 9.53 Å². The van der Waals surface area contributed by atoms with E-state index in [4.69, 9.17) is 10.5 Å². The van der Waals surface area contributed by atoms with Crippen molar-refractivity contribution in [2.24, 2.45) is 5.73 Å². The second-order valence-electron chi connectivity index (χ2n) is 4.82. The number of nitrogens with two attached hydrogens (primary N) is 1. The molecule has 0 aliphatic carbocycles. The Morgan fingerprint density at radius 3 is 2.44 bits per heavy atom. The summed E-state index contributed by atoms with van der Waals surface area (Å²) < 4.78 is 5.76. The Balaban J connectivity index is 2.96. The van der Waals surface area contributed by atoms with Crippen LogP contribution in [-0.2, 0) is 0 Å². The zero-order chi connectivity index (χ0) is 12.3. The molecule has 16 heavy (non-hydrogen) atoms. The fourth-order valence-electron chi connectivity index (χ4n) is 1.39. The van der Waals surface area contributed by atoms with Gasteiger partial charge in [0.25, 0.3) is 0 Å².